The van der Waals surface area contributed by atoms with Gasteiger partial charge in [0.1, 0.15) is 6.79 Å². The van der Waals surface area contributed by atoms with Crippen LogP contribution in [0.15, 0.2) is 25.3 Å². The van der Waals surface area contributed by atoms with Gasteiger partial charge in [0.15, 0.2) is 0 Å². The summed E-state index contributed by atoms with van der Waals surface area (Å²) in [5, 5.41) is 0. The lowest BCUT2D eigenvalue weighted by atomic mass is 10.1. The predicted octanol–water partition coefficient (Wildman–Crippen LogP) is 3.09. The van der Waals surface area contributed by atoms with Gasteiger partial charge in [-0.3, -0.25) is 4.79 Å². The lowest BCUT2D eigenvalue weighted by molar-refractivity contribution is -0.149. The molecule has 0 heterocycles. The molecule has 0 fully saturated rings. The first-order valence-corrected chi connectivity index (χ1v) is 6.58. The molecule has 4 heteroatoms. The maximum Gasteiger partial charge on any atom is 0.306 e. The fraction of sp³-hybridized carbons (Fsp3) is 0.667. The largest absolute Gasteiger partial charge is 0.463 e. The number of esters is 1. The van der Waals surface area contributed by atoms with Crippen LogP contribution in [0.25, 0.3) is 0 Å². The molecule has 0 spiro atoms. The molecule has 19 heavy (non-hydrogen) atoms. The number of hydrogen-bond acceptors (Lipinski definition) is 4. The minimum absolute atomic E-state index is 0.0948. The summed E-state index contributed by atoms with van der Waals surface area (Å²) in [7, 11) is 1.55. The number of carbonyl (C=O) groups is 1. The first-order chi connectivity index (χ1) is 9.03. The standard InChI is InChI=1S/C15H26O4/c1-6-12(3)10-13(4)19-15(16)9-8-14(7-2)18-11-17-5/h6-7,12-14H,1-2,8-11H2,3-5H3/t12-,13-,14-/m1/s1. The van der Waals surface area contributed by atoms with Crippen LogP contribution in [0.4, 0.5) is 0 Å². The highest BCUT2D eigenvalue weighted by Crippen LogP contribution is 2.12. The Hall–Kier alpha value is -1.13. The van der Waals surface area contributed by atoms with Crippen molar-refractivity contribution in [2.75, 3.05) is 13.9 Å². The number of hydrogen-bond donors (Lipinski definition) is 0. The van der Waals surface area contributed by atoms with E-state index in [-0.39, 0.29) is 25.0 Å². The summed E-state index contributed by atoms with van der Waals surface area (Å²) in [4.78, 5) is 11.6. The summed E-state index contributed by atoms with van der Waals surface area (Å²) in [6.45, 7) is 11.5. The molecule has 0 saturated heterocycles. The predicted molar refractivity (Wildman–Crippen MR) is 75.7 cm³/mol. The number of allylic oxidation sites excluding steroid dienone is 1. The quantitative estimate of drug-likeness (QED) is 0.329. The molecule has 110 valence electrons. The molecule has 0 amide bonds. The average Bonchev–Trinajstić information content (AvgIpc) is 2.38. The first kappa shape index (κ1) is 17.9. The monoisotopic (exact) mass is 270 g/mol. The van der Waals surface area contributed by atoms with Gasteiger partial charge in [-0.2, -0.15) is 0 Å². The Bertz CT molecular complexity index is 275. The highest BCUT2D eigenvalue weighted by Gasteiger charge is 2.14. The van der Waals surface area contributed by atoms with Crippen LogP contribution < -0.4 is 0 Å². The zero-order chi connectivity index (χ0) is 14.7. The molecule has 0 aromatic rings. The Labute approximate surface area is 116 Å². The zero-order valence-electron chi connectivity index (χ0n) is 12.3. The minimum atomic E-state index is -0.211. The van der Waals surface area contributed by atoms with Crippen LogP contribution in [0.5, 0.6) is 0 Å². The van der Waals surface area contributed by atoms with Crippen molar-refractivity contribution in [2.24, 2.45) is 5.92 Å². The van der Waals surface area contributed by atoms with E-state index in [1.165, 1.54) is 0 Å². The van der Waals surface area contributed by atoms with E-state index in [0.717, 1.165) is 6.42 Å². The third kappa shape index (κ3) is 9.45. The highest BCUT2D eigenvalue weighted by molar-refractivity contribution is 5.69. The SMILES string of the molecule is C=C[C@@H](C)C[C@@H](C)OC(=O)CC[C@@H](C=C)OCOC. The summed E-state index contributed by atoms with van der Waals surface area (Å²) < 4.78 is 15.4. The van der Waals surface area contributed by atoms with E-state index in [9.17, 15) is 4.79 Å². The van der Waals surface area contributed by atoms with Gasteiger partial charge >= 0.3 is 5.97 Å². The van der Waals surface area contributed by atoms with Crippen molar-refractivity contribution in [2.45, 2.75) is 45.3 Å². The molecule has 0 N–H and O–H groups in total. The average molecular weight is 270 g/mol. The minimum Gasteiger partial charge on any atom is -0.463 e. The maximum atomic E-state index is 11.6. The molecule has 4 nitrogen and oxygen atoms in total. The number of methoxy groups -OCH3 is 1. The van der Waals surface area contributed by atoms with Crippen molar-refractivity contribution < 1.29 is 19.0 Å². The van der Waals surface area contributed by atoms with Crippen LogP contribution in [0.3, 0.4) is 0 Å². The Morgan fingerprint density at radius 2 is 1.95 bits per heavy atom. The van der Waals surface area contributed by atoms with Crippen LogP contribution in [-0.2, 0) is 19.0 Å². The summed E-state index contributed by atoms with van der Waals surface area (Å²) in [5.41, 5.74) is 0. The van der Waals surface area contributed by atoms with E-state index >= 15 is 0 Å². The molecule has 0 bridgehead atoms. The molecule has 0 unspecified atom stereocenters. The van der Waals surface area contributed by atoms with Gasteiger partial charge in [-0.15, -0.1) is 13.2 Å². The van der Waals surface area contributed by atoms with Crippen molar-refractivity contribution >= 4 is 5.97 Å². The molecule has 0 radical (unpaired) electrons. The van der Waals surface area contributed by atoms with Gasteiger partial charge < -0.3 is 14.2 Å². The van der Waals surface area contributed by atoms with E-state index in [4.69, 9.17) is 14.2 Å². The van der Waals surface area contributed by atoms with Crippen LogP contribution in [0.1, 0.15) is 33.1 Å². The number of rotatable bonds is 11. The van der Waals surface area contributed by atoms with E-state index in [0.29, 0.717) is 18.8 Å². The Morgan fingerprint density at radius 3 is 2.47 bits per heavy atom. The summed E-state index contributed by atoms with van der Waals surface area (Å²) in [6.07, 6.45) is 4.90. The van der Waals surface area contributed by atoms with Gasteiger partial charge in [-0.1, -0.05) is 19.1 Å². The lowest BCUT2D eigenvalue weighted by Gasteiger charge is -2.17. The first-order valence-electron chi connectivity index (χ1n) is 6.58. The van der Waals surface area contributed by atoms with Crippen LogP contribution in [0.2, 0.25) is 0 Å². The number of ether oxygens (including phenoxy) is 3. The van der Waals surface area contributed by atoms with Gasteiger partial charge in [0.2, 0.25) is 0 Å². The Morgan fingerprint density at radius 1 is 1.26 bits per heavy atom. The van der Waals surface area contributed by atoms with Gasteiger partial charge in [0.25, 0.3) is 0 Å². The molecule has 0 saturated carbocycles. The molecule has 0 aliphatic heterocycles. The molecule has 0 aromatic heterocycles. The van der Waals surface area contributed by atoms with Crippen molar-refractivity contribution in [3.63, 3.8) is 0 Å². The van der Waals surface area contributed by atoms with Crippen molar-refractivity contribution in [1.29, 1.82) is 0 Å². The van der Waals surface area contributed by atoms with Gasteiger partial charge in [-0.05, 0) is 25.7 Å². The normalized spacial score (nSPS) is 15.3. The second-order valence-corrected chi connectivity index (χ2v) is 4.64. The maximum absolute atomic E-state index is 11.6. The molecule has 0 rings (SSSR count). The van der Waals surface area contributed by atoms with E-state index in [1.807, 2.05) is 19.9 Å². The zero-order valence-corrected chi connectivity index (χ0v) is 12.3. The second kappa shape index (κ2) is 10.8. The van der Waals surface area contributed by atoms with E-state index in [1.54, 1.807) is 13.2 Å². The number of carbonyl (C=O) groups excluding carboxylic acids is 1. The van der Waals surface area contributed by atoms with Gasteiger partial charge in [-0.25, -0.2) is 0 Å². The van der Waals surface area contributed by atoms with Crippen molar-refractivity contribution in [1.82, 2.24) is 0 Å². The lowest BCUT2D eigenvalue weighted by Crippen LogP contribution is -2.19. The van der Waals surface area contributed by atoms with Crippen LogP contribution >= 0.6 is 0 Å². The summed E-state index contributed by atoms with van der Waals surface area (Å²) in [6, 6.07) is 0. The second-order valence-electron chi connectivity index (χ2n) is 4.64. The smallest absolute Gasteiger partial charge is 0.306 e. The third-order valence-corrected chi connectivity index (χ3v) is 2.73. The molecule has 0 aromatic carbocycles. The Balaban J connectivity index is 3.89. The highest BCUT2D eigenvalue weighted by atomic mass is 16.7. The molecule has 0 aliphatic rings. The van der Waals surface area contributed by atoms with E-state index in [2.05, 4.69) is 13.2 Å². The molecule has 3 atom stereocenters. The molecular weight excluding hydrogens is 244 g/mol. The van der Waals surface area contributed by atoms with Crippen LogP contribution in [-0.4, -0.2) is 32.1 Å². The summed E-state index contributed by atoms with van der Waals surface area (Å²) >= 11 is 0. The Kier molecular flexibility index (Phi) is 10.1. The van der Waals surface area contributed by atoms with Crippen molar-refractivity contribution in [3.05, 3.63) is 25.3 Å². The van der Waals surface area contributed by atoms with Gasteiger partial charge in [0, 0.05) is 13.5 Å². The fourth-order valence-corrected chi connectivity index (χ4v) is 1.64. The molecular formula is C15H26O4. The molecule has 0 aliphatic carbocycles. The van der Waals surface area contributed by atoms with Gasteiger partial charge in [0.05, 0.1) is 12.2 Å². The summed E-state index contributed by atoms with van der Waals surface area (Å²) in [5.74, 6) is 0.130. The van der Waals surface area contributed by atoms with Crippen LogP contribution in [0, 0.1) is 5.92 Å². The third-order valence-electron chi connectivity index (χ3n) is 2.73. The topological polar surface area (TPSA) is 44.8 Å². The van der Waals surface area contributed by atoms with Crippen molar-refractivity contribution in [3.8, 4) is 0 Å². The van der Waals surface area contributed by atoms with E-state index < -0.39 is 0 Å². The fourth-order valence-electron chi connectivity index (χ4n) is 1.64.